The molecule has 0 unspecified atom stereocenters. The minimum Gasteiger partial charge on any atom is -0.289 e. The topological polar surface area (TPSA) is 63.4 Å². The lowest BCUT2D eigenvalue weighted by Gasteiger charge is -2.07. The molecule has 0 aliphatic carbocycles. The Bertz CT molecular complexity index is 1440. The van der Waals surface area contributed by atoms with E-state index < -0.39 is 5.97 Å². The Balaban J connectivity index is 1.74. The number of hydrogen-bond donors (Lipinski definition) is 0. The van der Waals surface area contributed by atoms with Crippen molar-refractivity contribution in [2.75, 3.05) is 12.8 Å². The van der Waals surface area contributed by atoms with E-state index in [1.54, 1.807) is 43.9 Å². The summed E-state index contributed by atoms with van der Waals surface area (Å²) in [4.78, 5) is 45.8. The molecule has 3 aromatic carbocycles. The van der Waals surface area contributed by atoms with Crippen LogP contribution in [0.15, 0.2) is 111 Å². The van der Waals surface area contributed by atoms with Gasteiger partial charge in [-0.1, -0.05) is 72.8 Å². The third-order valence-electron chi connectivity index (χ3n) is 5.72. The van der Waals surface area contributed by atoms with Gasteiger partial charge in [0.1, 0.15) is 0 Å². The zero-order valence-electron chi connectivity index (χ0n) is 22.8. The van der Waals surface area contributed by atoms with Crippen LogP contribution in [0.3, 0.4) is 0 Å². The van der Waals surface area contributed by atoms with E-state index in [1.807, 2.05) is 79.7 Å². The highest BCUT2D eigenvalue weighted by atomic mass is 35.5. The number of hydrogen-bond acceptors (Lipinski definition) is 6. The molecular formula is C32H31ClNO4S2+. The second kappa shape index (κ2) is 15.4. The number of halogens is 1. The minimum absolute atomic E-state index is 0.0134. The summed E-state index contributed by atoms with van der Waals surface area (Å²) in [5.74, 6) is -0.430. The van der Waals surface area contributed by atoms with Crippen molar-refractivity contribution >= 4 is 58.4 Å². The Morgan fingerprint density at radius 1 is 0.850 bits per heavy atom. The Morgan fingerprint density at radius 3 is 2.05 bits per heavy atom. The number of allylic oxidation sites excluding steroid dienone is 4. The van der Waals surface area contributed by atoms with E-state index in [1.165, 1.54) is 23.4 Å². The quantitative estimate of drug-likeness (QED) is 0.0312. The molecule has 0 amide bonds. The van der Waals surface area contributed by atoms with Crippen LogP contribution in [0.1, 0.15) is 43.1 Å². The van der Waals surface area contributed by atoms with Gasteiger partial charge >= 0.3 is 5.97 Å². The zero-order valence-corrected chi connectivity index (χ0v) is 25.2. The number of nitrogens with zero attached hydrogens (tertiary/aromatic N) is 1. The molecule has 8 heteroatoms. The van der Waals surface area contributed by atoms with Crippen molar-refractivity contribution in [3.8, 4) is 0 Å². The predicted molar refractivity (Wildman–Crippen MR) is 164 cm³/mol. The Labute approximate surface area is 248 Å². The number of benzene rings is 3. The van der Waals surface area contributed by atoms with Crippen molar-refractivity contribution in [3.05, 3.63) is 118 Å². The first-order valence-electron chi connectivity index (χ1n) is 12.6. The van der Waals surface area contributed by atoms with Crippen molar-refractivity contribution in [1.29, 1.82) is 0 Å². The SMILES string of the molecule is CCC(=CC=C(C)C(=O)C(CSc1ccc(Cl)cc1)=[N+](C)OC(C)=O)Sc1ccc(C(=O)c2ccccc2)cc1. The number of rotatable bonds is 12. The van der Waals surface area contributed by atoms with Gasteiger partial charge in [-0.25, -0.2) is 4.79 Å². The fourth-order valence-corrected chi connectivity index (χ4v) is 5.48. The summed E-state index contributed by atoms with van der Waals surface area (Å²) in [6.45, 7) is 5.09. The molecule has 206 valence electrons. The van der Waals surface area contributed by atoms with Gasteiger partial charge in [0.05, 0.1) is 5.75 Å². The second-order valence-electron chi connectivity index (χ2n) is 8.76. The third-order valence-corrected chi connectivity index (χ3v) is 8.19. The molecule has 0 fully saturated rings. The standard InChI is InChI=1S/C32H31ClNO4S2/c1-5-27(40-29-17-12-25(13-18-29)32(37)24-9-7-6-8-10-24)16-11-22(2)31(36)30(34(4)38-23(3)35)21-39-28-19-14-26(33)15-20-28/h6-20H,5,21H2,1-4H3/q+1. The number of Topliss-reactive ketones (excluding diaryl/α,β-unsaturated/α-hetero) is 1. The zero-order chi connectivity index (χ0) is 29.1. The van der Waals surface area contributed by atoms with Gasteiger partial charge in [0.15, 0.2) is 12.8 Å². The van der Waals surface area contributed by atoms with Gasteiger partial charge in [-0.3, -0.25) is 9.59 Å². The molecular weight excluding hydrogens is 562 g/mol. The summed E-state index contributed by atoms with van der Waals surface area (Å²) in [5, 5.41) is 0.633. The molecule has 0 radical (unpaired) electrons. The van der Waals surface area contributed by atoms with Crippen LogP contribution in [0.4, 0.5) is 0 Å². The monoisotopic (exact) mass is 592 g/mol. The molecule has 3 rings (SSSR count). The second-order valence-corrected chi connectivity index (χ2v) is 11.4. The van der Waals surface area contributed by atoms with E-state index in [-0.39, 0.29) is 11.6 Å². The lowest BCUT2D eigenvalue weighted by atomic mass is 10.0. The van der Waals surface area contributed by atoms with E-state index in [0.717, 1.165) is 21.1 Å². The summed E-state index contributed by atoms with van der Waals surface area (Å²) < 4.78 is 1.24. The number of hydroxylamine groups is 1. The van der Waals surface area contributed by atoms with Crippen LogP contribution >= 0.6 is 35.1 Å². The van der Waals surface area contributed by atoms with Gasteiger partial charge in [-0.2, -0.15) is 4.84 Å². The van der Waals surface area contributed by atoms with Crippen LogP contribution in [0.5, 0.6) is 0 Å². The lowest BCUT2D eigenvalue weighted by molar-refractivity contribution is -0.740. The molecule has 0 saturated heterocycles. The summed E-state index contributed by atoms with van der Waals surface area (Å²) in [6, 6.07) is 24.1. The third kappa shape index (κ3) is 9.37. The van der Waals surface area contributed by atoms with Crippen LogP contribution < -0.4 is 0 Å². The summed E-state index contributed by atoms with van der Waals surface area (Å²) in [5.41, 5.74) is 2.16. The van der Waals surface area contributed by atoms with E-state index in [2.05, 4.69) is 0 Å². The van der Waals surface area contributed by atoms with E-state index in [0.29, 0.717) is 33.2 Å². The van der Waals surface area contributed by atoms with Crippen molar-refractivity contribution in [2.45, 2.75) is 37.0 Å². The average molecular weight is 593 g/mol. The van der Waals surface area contributed by atoms with Gasteiger partial charge in [-0.05, 0) is 71.5 Å². The fraction of sp³-hybridized carbons (Fsp3) is 0.188. The molecule has 0 spiro atoms. The Kier molecular flexibility index (Phi) is 12.0. The lowest BCUT2D eigenvalue weighted by Crippen LogP contribution is -2.30. The van der Waals surface area contributed by atoms with Gasteiger partial charge < -0.3 is 0 Å². The van der Waals surface area contributed by atoms with Crippen LogP contribution in [-0.4, -0.2) is 40.8 Å². The molecule has 0 aliphatic rings. The molecule has 0 heterocycles. The Hall–Kier alpha value is -3.39. The average Bonchev–Trinajstić information content (AvgIpc) is 2.96. The van der Waals surface area contributed by atoms with Crippen molar-refractivity contribution in [1.82, 2.24) is 0 Å². The van der Waals surface area contributed by atoms with Gasteiger partial charge in [0, 0.05) is 38.4 Å². The highest BCUT2D eigenvalue weighted by Gasteiger charge is 2.25. The van der Waals surface area contributed by atoms with Gasteiger partial charge in [0.2, 0.25) is 0 Å². The maximum absolute atomic E-state index is 13.4. The molecule has 0 bridgehead atoms. The van der Waals surface area contributed by atoms with Crippen molar-refractivity contribution < 1.29 is 24.0 Å². The minimum atomic E-state index is -0.507. The largest absolute Gasteiger partial charge is 0.376 e. The van der Waals surface area contributed by atoms with Gasteiger partial charge in [-0.15, -0.1) is 11.8 Å². The molecule has 0 aliphatic heterocycles. The summed E-state index contributed by atoms with van der Waals surface area (Å²) in [6.07, 6.45) is 4.48. The first-order valence-corrected chi connectivity index (χ1v) is 14.8. The molecule has 0 N–H and O–H groups in total. The smallest absolute Gasteiger partial charge is 0.289 e. The normalized spacial score (nSPS) is 12.5. The summed E-state index contributed by atoms with van der Waals surface area (Å²) in [7, 11) is 1.56. The van der Waals surface area contributed by atoms with Crippen molar-refractivity contribution in [3.63, 3.8) is 0 Å². The van der Waals surface area contributed by atoms with Crippen molar-refractivity contribution in [2.24, 2.45) is 0 Å². The molecule has 3 aromatic rings. The van der Waals surface area contributed by atoms with E-state index in [9.17, 15) is 14.4 Å². The molecule has 0 saturated carbocycles. The Morgan fingerprint density at radius 2 is 1.45 bits per heavy atom. The van der Waals surface area contributed by atoms with Crippen LogP contribution in [0.2, 0.25) is 5.02 Å². The number of ketones is 2. The maximum atomic E-state index is 13.4. The van der Waals surface area contributed by atoms with Crippen LogP contribution in [0.25, 0.3) is 0 Å². The number of carbonyl (C=O) groups is 3. The van der Waals surface area contributed by atoms with E-state index in [4.69, 9.17) is 16.4 Å². The first kappa shape index (κ1) is 31.1. The fourth-order valence-electron chi connectivity index (χ4n) is 3.56. The number of thioether (sulfide) groups is 2. The molecule has 0 aromatic heterocycles. The van der Waals surface area contributed by atoms with Gasteiger partial charge in [0.25, 0.3) is 11.5 Å². The number of carbonyl (C=O) groups excluding carboxylic acids is 3. The van der Waals surface area contributed by atoms with Crippen LogP contribution in [0, 0.1) is 0 Å². The maximum Gasteiger partial charge on any atom is 0.376 e. The van der Waals surface area contributed by atoms with Crippen LogP contribution in [-0.2, 0) is 14.4 Å². The van der Waals surface area contributed by atoms with E-state index >= 15 is 0 Å². The highest BCUT2D eigenvalue weighted by molar-refractivity contribution is 8.03. The molecule has 5 nitrogen and oxygen atoms in total. The molecule has 40 heavy (non-hydrogen) atoms. The first-order chi connectivity index (χ1) is 19.2. The highest BCUT2D eigenvalue weighted by Crippen LogP contribution is 2.29. The molecule has 0 atom stereocenters. The predicted octanol–water partition coefficient (Wildman–Crippen LogP) is 7.83. The summed E-state index contributed by atoms with van der Waals surface area (Å²) >= 11 is 9.01.